The van der Waals surface area contributed by atoms with Crippen LogP contribution in [0.4, 0.5) is 5.69 Å². The fourth-order valence-corrected chi connectivity index (χ4v) is 5.51. The normalized spacial score (nSPS) is 11.2. The lowest BCUT2D eigenvalue weighted by Gasteiger charge is -2.12. The maximum Gasteiger partial charge on any atom is 0.271 e. The summed E-state index contributed by atoms with van der Waals surface area (Å²) >= 11 is 1.10. The van der Waals surface area contributed by atoms with E-state index in [0.29, 0.717) is 17.0 Å². The molecule has 8 nitrogen and oxygen atoms in total. The van der Waals surface area contributed by atoms with Crippen LogP contribution in [0.3, 0.4) is 0 Å². The van der Waals surface area contributed by atoms with Crippen LogP contribution in [0, 0.1) is 6.92 Å². The van der Waals surface area contributed by atoms with E-state index in [-0.39, 0.29) is 16.7 Å². The summed E-state index contributed by atoms with van der Waals surface area (Å²) < 4.78 is 35.8. The second kappa shape index (κ2) is 9.47. The summed E-state index contributed by atoms with van der Waals surface area (Å²) in [6.45, 7) is 2.12. The molecule has 0 radical (unpaired) electrons. The molecule has 170 valence electrons. The van der Waals surface area contributed by atoms with Gasteiger partial charge < -0.3 is 14.6 Å². The first-order valence-corrected chi connectivity index (χ1v) is 12.3. The highest BCUT2D eigenvalue weighted by Crippen LogP contribution is 2.29. The number of aromatic nitrogens is 2. The first-order chi connectivity index (χ1) is 15.9. The van der Waals surface area contributed by atoms with Gasteiger partial charge in [0.05, 0.1) is 37.1 Å². The summed E-state index contributed by atoms with van der Waals surface area (Å²) in [5.41, 5.74) is 2.52. The summed E-state index contributed by atoms with van der Waals surface area (Å²) in [5, 5.41) is 2.80. The Bertz CT molecular complexity index is 1380. The Kier molecular flexibility index (Phi) is 6.47. The molecule has 0 aliphatic rings. The Morgan fingerprint density at radius 1 is 1.12 bits per heavy atom. The number of ether oxygens (including phenoxy) is 1. The molecule has 2 N–H and O–H groups in total. The van der Waals surface area contributed by atoms with Crippen LogP contribution in [0.1, 0.15) is 20.9 Å². The molecule has 0 aliphatic carbocycles. The third-order valence-electron chi connectivity index (χ3n) is 4.78. The van der Waals surface area contributed by atoms with Crippen molar-refractivity contribution in [1.82, 2.24) is 14.9 Å². The predicted molar refractivity (Wildman–Crippen MR) is 128 cm³/mol. The molecular weight excluding hydrogens is 460 g/mol. The second-order valence-electron chi connectivity index (χ2n) is 7.18. The van der Waals surface area contributed by atoms with Gasteiger partial charge in [-0.05, 0) is 43.3 Å². The molecule has 0 aliphatic heterocycles. The van der Waals surface area contributed by atoms with Crippen molar-refractivity contribution in [2.24, 2.45) is 0 Å². The molecule has 0 spiro atoms. The molecule has 2 heterocycles. The maximum absolute atomic E-state index is 12.9. The van der Waals surface area contributed by atoms with E-state index in [1.54, 1.807) is 54.9 Å². The number of thiophene rings is 1. The van der Waals surface area contributed by atoms with Crippen molar-refractivity contribution < 1.29 is 17.9 Å². The summed E-state index contributed by atoms with van der Waals surface area (Å²) in [5.74, 6) is 0.287. The van der Waals surface area contributed by atoms with Gasteiger partial charge in [0.2, 0.25) is 0 Å². The summed E-state index contributed by atoms with van der Waals surface area (Å²) in [6.07, 6.45) is 3.52. The van der Waals surface area contributed by atoms with Crippen molar-refractivity contribution >= 4 is 33.0 Å². The van der Waals surface area contributed by atoms with E-state index in [1.807, 2.05) is 23.8 Å². The number of amides is 1. The van der Waals surface area contributed by atoms with Crippen molar-refractivity contribution in [1.29, 1.82) is 0 Å². The van der Waals surface area contributed by atoms with Gasteiger partial charge in [0.25, 0.3) is 15.9 Å². The third kappa shape index (κ3) is 5.24. The quantitative estimate of drug-likeness (QED) is 0.396. The number of carbonyl (C=O) groups is 1. The number of sulfonamides is 1. The van der Waals surface area contributed by atoms with Crippen molar-refractivity contribution in [3.63, 3.8) is 0 Å². The van der Waals surface area contributed by atoms with E-state index in [9.17, 15) is 13.2 Å². The highest BCUT2D eigenvalue weighted by molar-refractivity contribution is 7.94. The molecule has 0 fully saturated rings. The van der Waals surface area contributed by atoms with E-state index in [2.05, 4.69) is 15.0 Å². The van der Waals surface area contributed by atoms with Crippen LogP contribution >= 0.6 is 11.3 Å². The number of anilines is 1. The number of imidazole rings is 1. The van der Waals surface area contributed by atoms with Crippen LogP contribution in [0.15, 0.2) is 77.4 Å². The molecule has 2 aromatic carbocycles. The van der Waals surface area contributed by atoms with Crippen LogP contribution in [0.5, 0.6) is 5.75 Å². The SMILES string of the molecule is COc1cc(NS(=O)(=O)c2ccc(CNC(=O)c3ccccc3)s2)ccc1-n1cnc(C)c1. The van der Waals surface area contributed by atoms with Crippen LogP contribution in [-0.2, 0) is 16.6 Å². The molecule has 0 saturated carbocycles. The number of aryl methyl sites for hydroxylation is 1. The smallest absolute Gasteiger partial charge is 0.271 e. The zero-order valence-corrected chi connectivity index (χ0v) is 19.6. The van der Waals surface area contributed by atoms with Gasteiger partial charge in [-0.3, -0.25) is 9.52 Å². The van der Waals surface area contributed by atoms with Gasteiger partial charge in [0.1, 0.15) is 9.96 Å². The maximum atomic E-state index is 12.9. The lowest BCUT2D eigenvalue weighted by atomic mass is 10.2. The van der Waals surface area contributed by atoms with Crippen molar-refractivity contribution in [3.05, 3.63) is 89.3 Å². The van der Waals surface area contributed by atoms with E-state index < -0.39 is 10.0 Å². The lowest BCUT2D eigenvalue weighted by molar-refractivity contribution is 0.0951. The number of methoxy groups -OCH3 is 1. The van der Waals surface area contributed by atoms with Gasteiger partial charge in [-0.25, -0.2) is 13.4 Å². The summed E-state index contributed by atoms with van der Waals surface area (Å²) in [4.78, 5) is 17.1. The van der Waals surface area contributed by atoms with Gasteiger partial charge in [-0.15, -0.1) is 11.3 Å². The molecule has 33 heavy (non-hydrogen) atoms. The minimum atomic E-state index is -3.80. The van der Waals surface area contributed by atoms with Gasteiger partial charge in [-0.1, -0.05) is 18.2 Å². The number of rotatable bonds is 8. The molecular formula is C23H22N4O4S2. The van der Waals surface area contributed by atoms with Gasteiger partial charge in [0.15, 0.2) is 0 Å². The molecule has 4 rings (SSSR count). The zero-order chi connectivity index (χ0) is 23.4. The summed E-state index contributed by atoms with van der Waals surface area (Å²) in [6, 6.07) is 17.1. The average Bonchev–Trinajstić information content (AvgIpc) is 3.47. The number of nitrogens with zero attached hydrogens (tertiary/aromatic N) is 2. The van der Waals surface area contributed by atoms with Crippen LogP contribution in [0.2, 0.25) is 0 Å². The standard InChI is InChI=1S/C23H22N4O4S2/c1-16-14-27(15-25-16)20-10-8-18(12-21(20)31-2)26-33(29,30)22-11-9-19(32-22)13-24-23(28)17-6-4-3-5-7-17/h3-12,14-15,26H,13H2,1-2H3,(H,24,28). The largest absolute Gasteiger partial charge is 0.494 e. The van der Waals surface area contributed by atoms with Gasteiger partial charge in [-0.2, -0.15) is 0 Å². The molecule has 10 heteroatoms. The molecule has 1 amide bonds. The molecule has 0 saturated heterocycles. The Balaban J connectivity index is 1.46. The Hall–Kier alpha value is -3.63. The van der Waals surface area contributed by atoms with E-state index in [0.717, 1.165) is 27.6 Å². The number of nitrogens with one attached hydrogen (secondary N) is 2. The zero-order valence-electron chi connectivity index (χ0n) is 18.0. The second-order valence-corrected chi connectivity index (χ2v) is 10.3. The number of carbonyl (C=O) groups excluding carboxylic acids is 1. The highest BCUT2D eigenvalue weighted by atomic mass is 32.2. The molecule has 0 unspecified atom stereocenters. The number of hydrogen-bond donors (Lipinski definition) is 2. The minimum absolute atomic E-state index is 0.153. The molecule has 0 atom stereocenters. The predicted octanol–water partition coefficient (Wildman–Crippen LogP) is 3.98. The van der Waals surface area contributed by atoms with Crippen molar-refractivity contribution in [3.8, 4) is 11.4 Å². The molecule has 2 aromatic heterocycles. The first-order valence-electron chi connectivity index (χ1n) is 9.99. The van der Waals surface area contributed by atoms with Crippen molar-refractivity contribution in [2.45, 2.75) is 17.7 Å². The third-order valence-corrected chi connectivity index (χ3v) is 7.74. The van der Waals surface area contributed by atoms with Crippen LogP contribution in [0.25, 0.3) is 5.69 Å². The lowest BCUT2D eigenvalue weighted by Crippen LogP contribution is -2.22. The highest BCUT2D eigenvalue weighted by Gasteiger charge is 2.18. The van der Waals surface area contributed by atoms with E-state index in [4.69, 9.17) is 4.74 Å². The average molecular weight is 483 g/mol. The molecule has 0 bridgehead atoms. The minimum Gasteiger partial charge on any atom is -0.494 e. The molecule has 4 aromatic rings. The Labute approximate surface area is 195 Å². The Morgan fingerprint density at radius 3 is 2.61 bits per heavy atom. The van der Waals surface area contributed by atoms with Crippen molar-refractivity contribution in [2.75, 3.05) is 11.8 Å². The summed E-state index contributed by atoms with van der Waals surface area (Å²) in [7, 11) is -2.28. The fourth-order valence-electron chi connectivity index (χ4n) is 3.17. The van der Waals surface area contributed by atoms with E-state index in [1.165, 1.54) is 13.2 Å². The van der Waals surface area contributed by atoms with Gasteiger partial charge >= 0.3 is 0 Å². The van der Waals surface area contributed by atoms with E-state index >= 15 is 0 Å². The fraction of sp³-hybridized carbons (Fsp3) is 0.130. The van der Waals surface area contributed by atoms with Crippen LogP contribution < -0.4 is 14.8 Å². The van der Waals surface area contributed by atoms with Crippen LogP contribution in [-0.4, -0.2) is 31.0 Å². The number of benzene rings is 2. The van der Waals surface area contributed by atoms with Gasteiger partial charge in [0, 0.05) is 22.7 Å². The number of hydrogen-bond acceptors (Lipinski definition) is 6. The Morgan fingerprint density at radius 2 is 1.91 bits per heavy atom. The topological polar surface area (TPSA) is 102 Å². The first kappa shape index (κ1) is 22.6. The monoisotopic (exact) mass is 482 g/mol.